The molecule has 1 N–H and O–H groups in total. The van der Waals surface area contributed by atoms with Gasteiger partial charge in [0.15, 0.2) is 0 Å². The van der Waals surface area contributed by atoms with Crippen LogP contribution in [0.2, 0.25) is 0 Å². The maximum Gasteiger partial charge on any atom is 0.145 e. The third-order valence-corrected chi connectivity index (χ3v) is 9.52. The standard InChI is InChI=1S/C47H37N3/c1-48-46(39-22-11-20-37(29-39)34-14-5-2-6-15-34)50-47(40-23-12-21-38(30-40)35-16-7-3-8-17-35)49-32-33-26-27-43-41(28-33)31-45-42(24-13-25-44(43)45)36-18-9-4-10-19-36/h2-30,46H,1,31-32H2,(H,49,50). The lowest BCUT2D eigenvalue weighted by Gasteiger charge is -2.19. The molecule has 0 saturated carbocycles. The van der Waals surface area contributed by atoms with E-state index in [4.69, 9.17) is 4.99 Å². The number of amidine groups is 1. The molecule has 8 rings (SSSR count). The Hall–Kier alpha value is -6.32. The Balaban J connectivity index is 1.12. The molecular weight excluding hydrogens is 607 g/mol. The number of hydrogen-bond acceptors (Lipinski definition) is 2. The first-order valence-corrected chi connectivity index (χ1v) is 17.1. The summed E-state index contributed by atoms with van der Waals surface area (Å²) < 4.78 is 0. The Bertz CT molecular complexity index is 2310. The summed E-state index contributed by atoms with van der Waals surface area (Å²) in [5.74, 6) is 0.778. The van der Waals surface area contributed by atoms with Crippen molar-refractivity contribution in [3.8, 4) is 44.5 Å². The van der Waals surface area contributed by atoms with E-state index >= 15 is 0 Å². The van der Waals surface area contributed by atoms with E-state index in [2.05, 4.69) is 181 Å². The van der Waals surface area contributed by atoms with Gasteiger partial charge < -0.3 is 5.32 Å². The van der Waals surface area contributed by atoms with Gasteiger partial charge in [-0.25, -0.2) is 0 Å². The lowest BCUT2D eigenvalue weighted by molar-refractivity contribution is 0.687. The van der Waals surface area contributed by atoms with Crippen LogP contribution in [0, 0.1) is 0 Å². The fourth-order valence-corrected chi connectivity index (χ4v) is 7.01. The highest BCUT2D eigenvalue weighted by molar-refractivity contribution is 6.00. The largest absolute Gasteiger partial charge is 0.345 e. The summed E-state index contributed by atoms with van der Waals surface area (Å²) in [6.07, 6.45) is 0.529. The molecule has 50 heavy (non-hydrogen) atoms. The van der Waals surface area contributed by atoms with Crippen LogP contribution < -0.4 is 5.32 Å². The first-order valence-electron chi connectivity index (χ1n) is 17.1. The van der Waals surface area contributed by atoms with Gasteiger partial charge in [-0.1, -0.05) is 164 Å². The molecule has 1 unspecified atom stereocenters. The van der Waals surface area contributed by atoms with Crippen LogP contribution in [-0.2, 0) is 13.0 Å². The lowest BCUT2D eigenvalue weighted by atomic mass is 9.96. The third kappa shape index (κ3) is 6.42. The highest BCUT2D eigenvalue weighted by Gasteiger charge is 2.22. The fourth-order valence-electron chi connectivity index (χ4n) is 7.01. The smallest absolute Gasteiger partial charge is 0.145 e. The molecule has 1 aliphatic carbocycles. The van der Waals surface area contributed by atoms with Gasteiger partial charge in [0.05, 0.1) is 6.54 Å². The van der Waals surface area contributed by atoms with Gasteiger partial charge in [-0.15, -0.1) is 0 Å². The Morgan fingerprint density at radius 3 is 1.84 bits per heavy atom. The van der Waals surface area contributed by atoms with E-state index in [1.165, 1.54) is 38.9 Å². The quantitative estimate of drug-likeness (QED) is 0.123. The van der Waals surface area contributed by atoms with Crippen LogP contribution in [0.4, 0.5) is 0 Å². The summed E-state index contributed by atoms with van der Waals surface area (Å²) in [4.78, 5) is 9.81. The highest BCUT2D eigenvalue weighted by Crippen LogP contribution is 2.42. The number of nitrogens with one attached hydrogen (secondary N) is 1. The first-order chi connectivity index (χ1) is 24.7. The molecule has 0 saturated heterocycles. The second-order valence-electron chi connectivity index (χ2n) is 12.7. The van der Waals surface area contributed by atoms with E-state index in [-0.39, 0.29) is 6.17 Å². The van der Waals surface area contributed by atoms with Crippen molar-refractivity contribution in [2.45, 2.75) is 19.1 Å². The van der Waals surface area contributed by atoms with Crippen molar-refractivity contribution in [1.82, 2.24) is 5.32 Å². The van der Waals surface area contributed by atoms with Crippen LogP contribution in [-0.4, -0.2) is 12.6 Å². The molecule has 0 fully saturated rings. The van der Waals surface area contributed by atoms with E-state index in [1.54, 1.807) is 0 Å². The molecule has 1 aliphatic rings. The average molecular weight is 644 g/mol. The number of benzene rings is 7. The molecule has 0 radical (unpaired) electrons. The predicted molar refractivity (Wildman–Crippen MR) is 210 cm³/mol. The summed E-state index contributed by atoms with van der Waals surface area (Å²) in [7, 11) is 0. The zero-order valence-electron chi connectivity index (χ0n) is 27.8. The number of fused-ring (bicyclic) bond motifs is 3. The minimum Gasteiger partial charge on any atom is -0.345 e. The van der Waals surface area contributed by atoms with Crippen molar-refractivity contribution in [1.29, 1.82) is 0 Å². The Kier molecular flexibility index (Phi) is 8.70. The van der Waals surface area contributed by atoms with Gasteiger partial charge in [0, 0.05) is 5.56 Å². The van der Waals surface area contributed by atoms with Crippen molar-refractivity contribution in [3.63, 3.8) is 0 Å². The van der Waals surface area contributed by atoms with Crippen molar-refractivity contribution >= 4 is 12.6 Å². The minimum atomic E-state index is -0.385. The van der Waals surface area contributed by atoms with E-state index in [0.29, 0.717) is 6.54 Å². The molecular formula is C47H37N3. The van der Waals surface area contributed by atoms with Gasteiger partial charge in [0.1, 0.15) is 12.0 Å². The van der Waals surface area contributed by atoms with Crippen LogP contribution >= 0.6 is 0 Å². The predicted octanol–water partition coefficient (Wildman–Crippen LogP) is 11.2. The molecule has 7 aromatic carbocycles. The second kappa shape index (κ2) is 14.0. The molecule has 240 valence electrons. The van der Waals surface area contributed by atoms with Crippen molar-refractivity contribution in [2.75, 3.05) is 0 Å². The van der Waals surface area contributed by atoms with Crippen LogP contribution in [0.1, 0.15) is 34.0 Å². The van der Waals surface area contributed by atoms with E-state index < -0.39 is 0 Å². The zero-order valence-corrected chi connectivity index (χ0v) is 27.8. The summed E-state index contributed by atoms with van der Waals surface area (Å²) >= 11 is 0. The molecule has 0 aromatic heterocycles. The highest BCUT2D eigenvalue weighted by atomic mass is 15.1. The molecule has 0 bridgehead atoms. The lowest BCUT2D eigenvalue weighted by Crippen LogP contribution is -2.28. The van der Waals surface area contributed by atoms with Crippen LogP contribution in [0.25, 0.3) is 44.5 Å². The molecule has 1 atom stereocenters. The van der Waals surface area contributed by atoms with Gasteiger partial charge >= 0.3 is 0 Å². The zero-order chi connectivity index (χ0) is 33.7. The molecule has 0 amide bonds. The van der Waals surface area contributed by atoms with Gasteiger partial charge in [0.25, 0.3) is 0 Å². The van der Waals surface area contributed by atoms with E-state index in [0.717, 1.165) is 45.6 Å². The maximum atomic E-state index is 5.25. The number of rotatable bonds is 9. The van der Waals surface area contributed by atoms with Crippen LogP contribution in [0.15, 0.2) is 186 Å². The molecule has 3 nitrogen and oxygen atoms in total. The van der Waals surface area contributed by atoms with Gasteiger partial charge in [0.2, 0.25) is 0 Å². The normalized spacial score (nSPS) is 12.5. The first kappa shape index (κ1) is 31.0. The number of hydrogen-bond donors (Lipinski definition) is 1. The second-order valence-corrected chi connectivity index (χ2v) is 12.7. The van der Waals surface area contributed by atoms with Gasteiger partial charge in [-0.3, -0.25) is 9.98 Å². The minimum absolute atomic E-state index is 0.385. The third-order valence-electron chi connectivity index (χ3n) is 9.52. The Morgan fingerprint density at radius 1 is 0.540 bits per heavy atom. The van der Waals surface area contributed by atoms with Crippen LogP contribution in [0.3, 0.4) is 0 Å². The number of nitrogens with zero attached hydrogens (tertiary/aromatic N) is 2. The topological polar surface area (TPSA) is 36.8 Å². The summed E-state index contributed by atoms with van der Waals surface area (Å²) in [5, 5.41) is 3.68. The summed E-state index contributed by atoms with van der Waals surface area (Å²) in [6.45, 7) is 4.52. The molecule has 0 heterocycles. The molecule has 7 aromatic rings. The maximum absolute atomic E-state index is 5.25. The van der Waals surface area contributed by atoms with E-state index in [1.807, 2.05) is 12.1 Å². The SMILES string of the molecule is C=NC(NC(=NCc1ccc2c(c1)Cc1c(-c3ccccc3)cccc1-2)c1cccc(-c2ccccc2)c1)c1cccc(-c2ccccc2)c1. The monoisotopic (exact) mass is 643 g/mol. The van der Waals surface area contributed by atoms with E-state index in [9.17, 15) is 0 Å². The Labute approximate surface area is 294 Å². The van der Waals surface area contributed by atoms with Crippen molar-refractivity contribution < 1.29 is 0 Å². The van der Waals surface area contributed by atoms with Gasteiger partial charge in [-0.05, 0) is 92.0 Å². The molecule has 3 heteroatoms. The number of aliphatic imine (C=N–C) groups is 2. The molecule has 0 spiro atoms. The van der Waals surface area contributed by atoms with Crippen molar-refractivity contribution in [3.05, 3.63) is 204 Å². The summed E-state index contributed by atoms with van der Waals surface area (Å²) in [6, 6.07) is 62.1. The summed E-state index contributed by atoms with van der Waals surface area (Å²) in [5.41, 5.74) is 15.7. The van der Waals surface area contributed by atoms with Crippen LogP contribution in [0.5, 0.6) is 0 Å². The fraction of sp³-hybridized carbons (Fsp3) is 0.0638. The molecule has 0 aliphatic heterocycles. The average Bonchev–Trinajstić information content (AvgIpc) is 3.57. The van der Waals surface area contributed by atoms with Crippen molar-refractivity contribution in [2.24, 2.45) is 9.98 Å². The van der Waals surface area contributed by atoms with Gasteiger partial charge in [-0.2, -0.15) is 0 Å². The Morgan fingerprint density at radius 2 is 1.14 bits per heavy atom.